The van der Waals surface area contributed by atoms with Crippen molar-refractivity contribution < 1.29 is 28.9 Å². The highest BCUT2D eigenvalue weighted by Crippen LogP contribution is 2.30. The van der Waals surface area contributed by atoms with E-state index in [2.05, 4.69) is 5.32 Å². The van der Waals surface area contributed by atoms with E-state index in [1.54, 1.807) is 18.2 Å². The Morgan fingerprint density at radius 2 is 1.39 bits per heavy atom. The molecule has 0 aromatic heterocycles. The number of amides is 1. The Morgan fingerprint density at radius 1 is 0.818 bits per heavy atom. The average molecular weight is 450 g/mol. The predicted molar refractivity (Wildman–Crippen MR) is 123 cm³/mol. The third-order valence-electron chi connectivity index (χ3n) is 4.83. The summed E-state index contributed by atoms with van der Waals surface area (Å²) in [4.78, 5) is 23.5. The highest BCUT2D eigenvalue weighted by Gasteiger charge is 2.21. The van der Waals surface area contributed by atoms with E-state index >= 15 is 0 Å². The first-order valence-electron chi connectivity index (χ1n) is 10.5. The first-order chi connectivity index (χ1) is 16.0. The van der Waals surface area contributed by atoms with Crippen molar-refractivity contribution in [2.75, 3.05) is 13.7 Å². The Bertz CT molecular complexity index is 1040. The van der Waals surface area contributed by atoms with Crippen LogP contribution in [0, 0.1) is 0 Å². The molecule has 0 unspecified atom stereocenters. The van der Waals surface area contributed by atoms with Crippen molar-refractivity contribution in [3.63, 3.8) is 0 Å². The molecule has 7 heteroatoms. The fraction of sp³-hybridized carbons (Fsp3) is 0.231. The van der Waals surface area contributed by atoms with Gasteiger partial charge in [-0.3, -0.25) is 4.79 Å². The first kappa shape index (κ1) is 23.8. The largest absolute Gasteiger partial charge is 0.485 e. The van der Waals surface area contributed by atoms with E-state index in [-0.39, 0.29) is 13.0 Å². The lowest BCUT2D eigenvalue weighted by Crippen LogP contribution is -2.43. The Balaban J connectivity index is 1.77. The van der Waals surface area contributed by atoms with E-state index in [1.165, 1.54) is 7.11 Å². The lowest BCUT2D eigenvalue weighted by molar-refractivity contribution is -0.142. The summed E-state index contributed by atoms with van der Waals surface area (Å²) in [5, 5.41) is 12.0. The fourth-order valence-corrected chi connectivity index (χ4v) is 3.19. The summed E-state index contributed by atoms with van der Waals surface area (Å²) in [6.45, 7) is 0.493. The Labute approximate surface area is 192 Å². The monoisotopic (exact) mass is 449 g/mol. The molecule has 0 fully saturated rings. The molecule has 0 saturated carbocycles. The van der Waals surface area contributed by atoms with Gasteiger partial charge in [-0.25, -0.2) is 4.79 Å². The third-order valence-corrected chi connectivity index (χ3v) is 4.83. The van der Waals surface area contributed by atoms with Crippen molar-refractivity contribution in [3.05, 3.63) is 95.6 Å². The molecule has 0 bridgehead atoms. The molecule has 0 radical (unpaired) electrons. The number of hydrogen-bond acceptors (Lipinski definition) is 5. The van der Waals surface area contributed by atoms with Crippen LogP contribution in [0.3, 0.4) is 0 Å². The second-order valence-corrected chi connectivity index (χ2v) is 7.43. The highest BCUT2D eigenvalue weighted by atomic mass is 16.5. The number of carbonyl (C=O) groups excluding carboxylic acids is 1. The molecule has 1 amide bonds. The van der Waals surface area contributed by atoms with Crippen LogP contribution in [0.25, 0.3) is 0 Å². The van der Waals surface area contributed by atoms with Crippen LogP contribution >= 0.6 is 0 Å². The van der Waals surface area contributed by atoms with Crippen molar-refractivity contribution in [2.24, 2.45) is 0 Å². The van der Waals surface area contributed by atoms with E-state index in [1.807, 2.05) is 60.7 Å². The maximum atomic E-state index is 11.8. The zero-order chi connectivity index (χ0) is 23.5. The molecule has 172 valence electrons. The molecule has 2 N–H and O–H groups in total. The van der Waals surface area contributed by atoms with Crippen LogP contribution in [-0.2, 0) is 34.0 Å². The average Bonchev–Trinajstić information content (AvgIpc) is 2.83. The van der Waals surface area contributed by atoms with Gasteiger partial charge in [0.25, 0.3) is 0 Å². The van der Waals surface area contributed by atoms with Gasteiger partial charge in [0, 0.05) is 13.5 Å². The summed E-state index contributed by atoms with van der Waals surface area (Å²) in [5.74, 6) is -0.572. The molecule has 0 aliphatic heterocycles. The second kappa shape index (κ2) is 12.3. The van der Waals surface area contributed by atoms with Crippen LogP contribution in [-0.4, -0.2) is 36.7 Å². The van der Waals surface area contributed by atoms with Crippen LogP contribution in [0.4, 0.5) is 0 Å². The molecule has 0 aliphatic rings. The Kier molecular flexibility index (Phi) is 8.85. The normalized spacial score (nSPS) is 11.4. The molecule has 33 heavy (non-hydrogen) atoms. The predicted octanol–water partition coefficient (Wildman–Crippen LogP) is 3.60. The van der Waals surface area contributed by atoms with Crippen LogP contribution in [0.5, 0.6) is 11.5 Å². The zero-order valence-electron chi connectivity index (χ0n) is 18.4. The maximum Gasteiger partial charge on any atom is 0.326 e. The summed E-state index contributed by atoms with van der Waals surface area (Å²) in [7, 11) is 1.37. The number of ether oxygens (including phenoxy) is 3. The fourth-order valence-electron chi connectivity index (χ4n) is 3.19. The highest BCUT2D eigenvalue weighted by molar-refractivity contribution is 5.84. The summed E-state index contributed by atoms with van der Waals surface area (Å²) in [6, 6.07) is 23.7. The van der Waals surface area contributed by atoms with E-state index < -0.39 is 17.9 Å². The Hall–Kier alpha value is -3.84. The van der Waals surface area contributed by atoms with Gasteiger partial charge in [0.05, 0.1) is 0 Å². The molecule has 3 aromatic rings. The van der Waals surface area contributed by atoms with Crippen molar-refractivity contribution in [1.82, 2.24) is 5.32 Å². The number of methoxy groups -OCH3 is 1. The van der Waals surface area contributed by atoms with Gasteiger partial charge in [0.1, 0.15) is 25.9 Å². The topological polar surface area (TPSA) is 94.1 Å². The van der Waals surface area contributed by atoms with E-state index in [4.69, 9.17) is 14.2 Å². The van der Waals surface area contributed by atoms with Gasteiger partial charge in [-0.1, -0.05) is 66.7 Å². The third kappa shape index (κ3) is 7.66. The van der Waals surface area contributed by atoms with E-state index in [0.29, 0.717) is 30.3 Å². The second-order valence-electron chi connectivity index (χ2n) is 7.43. The summed E-state index contributed by atoms with van der Waals surface area (Å²) in [5.41, 5.74) is 2.70. The van der Waals surface area contributed by atoms with Gasteiger partial charge < -0.3 is 24.6 Å². The lowest BCUT2D eigenvalue weighted by atomic mass is 10.1. The van der Waals surface area contributed by atoms with Crippen molar-refractivity contribution >= 4 is 11.9 Å². The molecule has 0 aliphatic carbocycles. The molecular formula is C26H27NO6. The summed E-state index contributed by atoms with van der Waals surface area (Å²) in [6.07, 6.45) is 0.0887. The molecule has 7 nitrogen and oxygen atoms in total. The van der Waals surface area contributed by atoms with Gasteiger partial charge in [-0.05, 0) is 28.8 Å². The lowest BCUT2D eigenvalue weighted by Gasteiger charge is -2.17. The van der Waals surface area contributed by atoms with Gasteiger partial charge in [0.15, 0.2) is 11.5 Å². The number of benzene rings is 3. The number of hydrogen-bond donors (Lipinski definition) is 2. The maximum absolute atomic E-state index is 11.8. The minimum atomic E-state index is -1.13. The number of nitrogens with one attached hydrogen (secondary N) is 1. The standard InChI is InChI=1S/C26H27NO6/c1-31-18-25(28)27-22(26(29)30)14-21-12-13-23(32-16-19-8-4-2-5-9-19)24(15-21)33-17-20-10-6-3-7-11-20/h2-13,15,22H,14,16-18H2,1H3,(H,27,28)(H,29,30)/t22-/m1/s1. The van der Waals surface area contributed by atoms with Crippen LogP contribution in [0.1, 0.15) is 16.7 Å². The van der Waals surface area contributed by atoms with Gasteiger partial charge in [0.2, 0.25) is 5.91 Å². The molecule has 0 spiro atoms. The first-order valence-corrected chi connectivity index (χ1v) is 10.5. The number of carboxylic acids is 1. The van der Waals surface area contributed by atoms with Crippen molar-refractivity contribution in [1.29, 1.82) is 0 Å². The van der Waals surface area contributed by atoms with Gasteiger partial charge in [-0.2, -0.15) is 0 Å². The Morgan fingerprint density at radius 3 is 1.94 bits per heavy atom. The number of aliphatic carboxylic acids is 1. The SMILES string of the molecule is COCC(=O)N[C@H](Cc1ccc(OCc2ccccc2)c(OCc2ccccc2)c1)C(=O)O. The molecular weight excluding hydrogens is 422 g/mol. The van der Waals surface area contributed by atoms with E-state index in [9.17, 15) is 14.7 Å². The molecule has 3 aromatic carbocycles. The molecule has 0 heterocycles. The van der Waals surface area contributed by atoms with Crippen LogP contribution < -0.4 is 14.8 Å². The smallest absolute Gasteiger partial charge is 0.326 e. The molecule has 1 atom stereocenters. The minimum absolute atomic E-state index is 0.0887. The number of rotatable bonds is 12. The summed E-state index contributed by atoms with van der Waals surface area (Å²) < 4.78 is 16.8. The van der Waals surface area contributed by atoms with Gasteiger partial charge >= 0.3 is 5.97 Å². The van der Waals surface area contributed by atoms with Crippen LogP contribution in [0.2, 0.25) is 0 Å². The molecule has 3 rings (SSSR count). The van der Waals surface area contributed by atoms with Crippen molar-refractivity contribution in [2.45, 2.75) is 25.7 Å². The quantitative estimate of drug-likeness (QED) is 0.439. The van der Waals surface area contributed by atoms with Gasteiger partial charge in [-0.15, -0.1) is 0 Å². The number of carbonyl (C=O) groups is 2. The molecule has 0 saturated heterocycles. The van der Waals surface area contributed by atoms with Crippen molar-refractivity contribution in [3.8, 4) is 11.5 Å². The zero-order valence-corrected chi connectivity index (χ0v) is 18.4. The van der Waals surface area contributed by atoms with Crippen LogP contribution in [0.15, 0.2) is 78.9 Å². The number of carboxylic acid groups (broad SMARTS) is 1. The van der Waals surface area contributed by atoms with E-state index in [0.717, 1.165) is 11.1 Å². The summed E-state index contributed by atoms with van der Waals surface area (Å²) >= 11 is 0. The minimum Gasteiger partial charge on any atom is -0.485 e.